The first-order chi connectivity index (χ1) is 17.2. The molecule has 0 radical (unpaired) electrons. The third-order valence-electron chi connectivity index (χ3n) is 5.32. The van der Waals surface area contributed by atoms with E-state index in [4.69, 9.17) is 16.3 Å². The molecular formula is C24H21ClF3N5O3. The van der Waals surface area contributed by atoms with Crippen LogP contribution in [0.15, 0.2) is 42.7 Å². The topological polar surface area (TPSA) is 91.2 Å². The van der Waals surface area contributed by atoms with Crippen molar-refractivity contribution in [2.75, 3.05) is 6.61 Å². The van der Waals surface area contributed by atoms with E-state index in [1.807, 2.05) is 25.1 Å². The fourth-order valence-corrected chi connectivity index (χ4v) is 3.98. The van der Waals surface area contributed by atoms with Gasteiger partial charge in [-0.3, -0.25) is 4.79 Å². The molecule has 8 nitrogen and oxygen atoms in total. The van der Waals surface area contributed by atoms with Gasteiger partial charge in [0.1, 0.15) is 36.6 Å². The first-order valence-electron chi connectivity index (χ1n) is 10.7. The van der Waals surface area contributed by atoms with Gasteiger partial charge in [-0.2, -0.15) is 13.9 Å². The Kier molecular flexibility index (Phi) is 7.70. The zero-order valence-electron chi connectivity index (χ0n) is 19.3. The minimum atomic E-state index is -3.07. The largest absolute Gasteiger partial charge is 0.487 e. The van der Waals surface area contributed by atoms with Crippen LogP contribution in [0, 0.1) is 12.7 Å². The molecule has 0 atom stereocenters. The van der Waals surface area contributed by atoms with Crippen LogP contribution in [0.3, 0.4) is 0 Å². The lowest BCUT2D eigenvalue weighted by atomic mass is 10.1. The molecule has 4 aromatic rings. The van der Waals surface area contributed by atoms with E-state index in [-0.39, 0.29) is 18.2 Å². The molecule has 0 unspecified atom stereocenters. The lowest BCUT2D eigenvalue weighted by Crippen LogP contribution is -2.28. The summed E-state index contributed by atoms with van der Waals surface area (Å²) in [7, 11) is 1.79. The maximum absolute atomic E-state index is 14.0. The Bertz CT molecular complexity index is 1410. The van der Waals surface area contributed by atoms with Crippen molar-refractivity contribution in [3.05, 3.63) is 70.4 Å². The van der Waals surface area contributed by atoms with Gasteiger partial charge in [-0.05, 0) is 36.8 Å². The number of para-hydroxylation sites is 1. The minimum Gasteiger partial charge on any atom is -0.487 e. The molecular weight excluding hydrogens is 499 g/mol. The van der Waals surface area contributed by atoms with Crippen molar-refractivity contribution in [3.63, 3.8) is 0 Å². The third kappa shape index (κ3) is 5.74. The summed E-state index contributed by atoms with van der Waals surface area (Å²) >= 11 is 6.28. The molecule has 0 aliphatic rings. The molecule has 0 aliphatic heterocycles. The second kappa shape index (κ2) is 10.9. The molecule has 0 saturated carbocycles. The number of nitrogens with one attached hydrogen (secondary N) is 1. The number of carbonyl (C=O) groups is 1. The summed E-state index contributed by atoms with van der Waals surface area (Å²) in [4.78, 5) is 20.7. The number of benzene rings is 2. The summed E-state index contributed by atoms with van der Waals surface area (Å²) in [5.74, 6) is -0.279. The first-order valence-corrected chi connectivity index (χ1v) is 11.1. The average Bonchev–Trinajstić information content (AvgIpc) is 3.25. The second-order valence-corrected chi connectivity index (χ2v) is 8.24. The van der Waals surface area contributed by atoms with Crippen molar-refractivity contribution in [1.82, 2.24) is 25.1 Å². The van der Waals surface area contributed by atoms with E-state index in [1.165, 1.54) is 12.4 Å². The van der Waals surface area contributed by atoms with Crippen molar-refractivity contribution in [2.24, 2.45) is 7.05 Å². The third-order valence-corrected chi connectivity index (χ3v) is 5.66. The van der Waals surface area contributed by atoms with Crippen molar-refractivity contribution < 1.29 is 27.4 Å². The molecule has 36 heavy (non-hydrogen) atoms. The number of pyridine rings is 1. The highest BCUT2D eigenvalue weighted by Crippen LogP contribution is 2.33. The Hall–Kier alpha value is -3.70. The van der Waals surface area contributed by atoms with Gasteiger partial charge in [0.25, 0.3) is 0 Å². The Morgan fingerprint density at radius 3 is 2.78 bits per heavy atom. The SMILES string of the molecule is Cc1cc(-c2ncnn2C)c2cccc(OCc3c(Cl)cc(F)cc3CNC(=O)COC(F)F)c2n1. The van der Waals surface area contributed by atoms with Gasteiger partial charge in [0.05, 0.1) is 5.02 Å². The Labute approximate surface area is 209 Å². The summed E-state index contributed by atoms with van der Waals surface area (Å²) in [6.45, 7) is -2.28. The fourth-order valence-electron chi connectivity index (χ4n) is 3.70. The van der Waals surface area contributed by atoms with Crippen LogP contribution in [0.2, 0.25) is 5.02 Å². The normalized spacial score (nSPS) is 11.3. The number of aryl methyl sites for hydroxylation is 2. The van der Waals surface area contributed by atoms with Gasteiger partial charge in [0, 0.05) is 35.8 Å². The molecule has 0 bridgehead atoms. The summed E-state index contributed by atoms with van der Waals surface area (Å²) < 4.78 is 50.0. The highest BCUT2D eigenvalue weighted by atomic mass is 35.5. The van der Waals surface area contributed by atoms with Gasteiger partial charge in [-0.1, -0.05) is 23.7 Å². The van der Waals surface area contributed by atoms with Crippen LogP contribution in [-0.2, 0) is 29.7 Å². The van der Waals surface area contributed by atoms with E-state index >= 15 is 0 Å². The number of alkyl halides is 2. The van der Waals surface area contributed by atoms with E-state index < -0.39 is 24.9 Å². The number of rotatable bonds is 9. The van der Waals surface area contributed by atoms with E-state index in [9.17, 15) is 18.0 Å². The number of amides is 1. The van der Waals surface area contributed by atoms with Gasteiger partial charge in [0.15, 0.2) is 5.82 Å². The Morgan fingerprint density at radius 1 is 1.25 bits per heavy atom. The summed E-state index contributed by atoms with van der Waals surface area (Å²) in [5.41, 5.74) is 2.91. The second-order valence-electron chi connectivity index (χ2n) is 7.83. The summed E-state index contributed by atoms with van der Waals surface area (Å²) in [5, 5.41) is 7.43. The van der Waals surface area contributed by atoms with E-state index in [0.29, 0.717) is 28.2 Å². The molecule has 0 aliphatic carbocycles. The molecule has 4 rings (SSSR count). The van der Waals surface area contributed by atoms with Crippen molar-refractivity contribution in [2.45, 2.75) is 26.7 Å². The molecule has 2 aromatic carbocycles. The van der Waals surface area contributed by atoms with Crippen LogP contribution >= 0.6 is 11.6 Å². The van der Waals surface area contributed by atoms with Crippen LogP contribution < -0.4 is 10.1 Å². The van der Waals surface area contributed by atoms with E-state index in [0.717, 1.165) is 22.7 Å². The van der Waals surface area contributed by atoms with Crippen LogP contribution in [0.5, 0.6) is 5.75 Å². The number of fused-ring (bicyclic) bond motifs is 1. The monoisotopic (exact) mass is 519 g/mol. The summed E-state index contributed by atoms with van der Waals surface area (Å²) in [6, 6.07) is 9.68. The zero-order chi connectivity index (χ0) is 25.8. The molecule has 0 fully saturated rings. The molecule has 2 aromatic heterocycles. The van der Waals surface area contributed by atoms with Crippen molar-refractivity contribution in [3.8, 4) is 17.1 Å². The van der Waals surface area contributed by atoms with Gasteiger partial charge < -0.3 is 14.8 Å². The van der Waals surface area contributed by atoms with E-state index in [1.54, 1.807) is 17.8 Å². The molecule has 12 heteroatoms. The standard InChI is InChI=1S/C24H21ClF3N5O3/c1-13-6-17(23-30-12-31-33(23)2)16-4-3-5-20(22(16)32-13)35-10-18-14(7-15(26)8-19(18)25)9-29-21(34)11-36-24(27)28/h3-8,12,24H,9-11H2,1-2H3,(H,29,34). The van der Waals surface area contributed by atoms with Gasteiger partial charge in [0.2, 0.25) is 5.91 Å². The minimum absolute atomic E-state index is 0.0636. The zero-order valence-corrected chi connectivity index (χ0v) is 20.0. The number of aromatic nitrogens is 4. The van der Waals surface area contributed by atoms with Crippen LogP contribution in [0.25, 0.3) is 22.3 Å². The lowest BCUT2D eigenvalue weighted by molar-refractivity contribution is -0.151. The molecule has 0 saturated heterocycles. The number of nitrogens with zero attached hydrogens (tertiary/aromatic N) is 4. The molecule has 188 valence electrons. The summed E-state index contributed by atoms with van der Waals surface area (Å²) in [6.07, 6.45) is 1.47. The van der Waals surface area contributed by atoms with Crippen LogP contribution in [-0.4, -0.2) is 38.9 Å². The lowest BCUT2D eigenvalue weighted by Gasteiger charge is -2.16. The maximum atomic E-state index is 14.0. The number of halogens is 4. The van der Waals surface area contributed by atoms with Gasteiger partial charge in [-0.25, -0.2) is 19.0 Å². The van der Waals surface area contributed by atoms with Crippen LogP contribution in [0.1, 0.15) is 16.8 Å². The molecule has 0 spiro atoms. The fraction of sp³-hybridized carbons (Fsp3) is 0.250. The highest BCUT2D eigenvalue weighted by molar-refractivity contribution is 6.31. The predicted octanol–water partition coefficient (Wildman–Crippen LogP) is 4.57. The molecule has 2 heterocycles. The highest BCUT2D eigenvalue weighted by Gasteiger charge is 2.17. The van der Waals surface area contributed by atoms with E-state index in [2.05, 4.69) is 25.1 Å². The molecule has 1 amide bonds. The quantitative estimate of drug-likeness (QED) is 0.348. The maximum Gasteiger partial charge on any atom is 0.345 e. The smallest absolute Gasteiger partial charge is 0.345 e. The molecule has 1 N–H and O–H groups in total. The first kappa shape index (κ1) is 25.4. The number of carbonyl (C=O) groups excluding carboxylic acids is 1. The number of hydrogen-bond donors (Lipinski definition) is 1. The average molecular weight is 520 g/mol. The number of ether oxygens (including phenoxy) is 2. The van der Waals surface area contributed by atoms with Crippen LogP contribution in [0.4, 0.5) is 13.2 Å². The number of hydrogen-bond acceptors (Lipinski definition) is 6. The predicted molar refractivity (Wildman–Crippen MR) is 126 cm³/mol. The van der Waals surface area contributed by atoms with Gasteiger partial charge >= 0.3 is 6.61 Å². The van der Waals surface area contributed by atoms with Gasteiger partial charge in [-0.15, -0.1) is 0 Å². The Morgan fingerprint density at radius 2 is 2.06 bits per heavy atom. The Balaban J connectivity index is 1.61. The van der Waals surface area contributed by atoms with Crippen molar-refractivity contribution in [1.29, 1.82) is 0 Å². The van der Waals surface area contributed by atoms with Crippen molar-refractivity contribution >= 4 is 28.4 Å².